The van der Waals surface area contributed by atoms with Gasteiger partial charge in [0, 0.05) is 10.8 Å². The Bertz CT molecular complexity index is 559. The molecule has 3 nitrogen and oxygen atoms in total. The molecule has 0 saturated heterocycles. The molecular formula is C19H28O3. The van der Waals surface area contributed by atoms with E-state index in [0.717, 1.165) is 12.8 Å². The molecule has 0 radical (unpaired) electrons. The van der Waals surface area contributed by atoms with Crippen molar-refractivity contribution in [3.63, 3.8) is 0 Å². The van der Waals surface area contributed by atoms with Crippen molar-refractivity contribution in [2.45, 2.75) is 60.5 Å². The minimum absolute atomic E-state index is 0.137. The van der Waals surface area contributed by atoms with Crippen LogP contribution in [0.5, 0.6) is 0 Å². The summed E-state index contributed by atoms with van der Waals surface area (Å²) in [6, 6.07) is 0. The number of allylic oxidation sites excluding steroid dienone is 2. The molecule has 0 amide bonds. The summed E-state index contributed by atoms with van der Waals surface area (Å²) in [6.45, 7) is 12.4. The lowest BCUT2D eigenvalue weighted by Gasteiger charge is -2.42. The summed E-state index contributed by atoms with van der Waals surface area (Å²) in [7, 11) is 0. The average Bonchev–Trinajstić information content (AvgIpc) is 2.95. The number of hydrogen-bond donors (Lipinski definition) is 0. The summed E-state index contributed by atoms with van der Waals surface area (Å²) in [5, 5.41) is 0. The van der Waals surface area contributed by atoms with Gasteiger partial charge in [-0.2, -0.15) is 0 Å². The molecule has 122 valence electrons. The van der Waals surface area contributed by atoms with Crippen LogP contribution in [0, 0.1) is 34.0 Å². The highest BCUT2D eigenvalue weighted by Crippen LogP contribution is 2.75. The lowest BCUT2D eigenvalue weighted by atomic mass is 9.61. The van der Waals surface area contributed by atoms with Crippen molar-refractivity contribution in [2.24, 2.45) is 34.0 Å². The maximum atomic E-state index is 12.8. The van der Waals surface area contributed by atoms with Crippen LogP contribution in [-0.2, 0) is 14.3 Å². The van der Waals surface area contributed by atoms with Crippen molar-refractivity contribution in [3.05, 3.63) is 12.2 Å². The molecule has 2 fully saturated rings. The predicted molar refractivity (Wildman–Crippen MR) is 85.1 cm³/mol. The Hall–Kier alpha value is -1.12. The fourth-order valence-electron chi connectivity index (χ4n) is 5.96. The van der Waals surface area contributed by atoms with Gasteiger partial charge in [0.1, 0.15) is 6.10 Å². The standard InChI is InChI=1S/C19H28O3/c1-11(2)15(21)22-16-17(4,5)13-8-7-12(3)19(13)10-9-14(20)18(16,19)6/h9-13,16H,7-8H2,1-6H3/t12-,13?,16+,18+,19?/m1/s1. The van der Waals surface area contributed by atoms with Gasteiger partial charge >= 0.3 is 5.97 Å². The lowest BCUT2D eigenvalue weighted by molar-refractivity contribution is -0.169. The molecule has 3 rings (SSSR count). The first kappa shape index (κ1) is 15.8. The minimum Gasteiger partial charge on any atom is -0.460 e. The Morgan fingerprint density at radius 3 is 2.50 bits per heavy atom. The fraction of sp³-hybridized carbons (Fsp3) is 0.789. The summed E-state index contributed by atoms with van der Waals surface area (Å²) >= 11 is 0. The zero-order valence-electron chi connectivity index (χ0n) is 14.6. The van der Waals surface area contributed by atoms with Crippen molar-refractivity contribution in [1.29, 1.82) is 0 Å². The molecule has 0 aliphatic heterocycles. The van der Waals surface area contributed by atoms with Gasteiger partial charge in [0.05, 0.1) is 11.3 Å². The smallest absolute Gasteiger partial charge is 0.308 e. The highest BCUT2D eigenvalue weighted by Gasteiger charge is 2.77. The second-order valence-corrected chi connectivity index (χ2v) is 8.66. The van der Waals surface area contributed by atoms with Gasteiger partial charge in [-0.1, -0.05) is 40.7 Å². The van der Waals surface area contributed by atoms with Gasteiger partial charge in [-0.05, 0) is 37.7 Å². The third-order valence-electron chi connectivity index (χ3n) is 7.01. The maximum absolute atomic E-state index is 12.8. The van der Waals surface area contributed by atoms with Crippen molar-refractivity contribution in [2.75, 3.05) is 0 Å². The van der Waals surface area contributed by atoms with E-state index in [1.807, 2.05) is 20.8 Å². The van der Waals surface area contributed by atoms with Crippen LogP contribution < -0.4 is 0 Å². The summed E-state index contributed by atoms with van der Waals surface area (Å²) in [6.07, 6.45) is 5.82. The van der Waals surface area contributed by atoms with Crippen LogP contribution in [0.25, 0.3) is 0 Å². The van der Waals surface area contributed by atoms with E-state index in [1.54, 1.807) is 6.08 Å². The van der Waals surface area contributed by atoms with Crippen molar-refractivity contribution < 1.29 is 14.3 Å². The van der Waals surface area contributed by atoms with Gasteiger partial charge in [-0.25, -0.2) is 0 Å². The first-order valence-electron chi connectivity index (χ1n) is 8.54. The zero-order valence-corrected chi connectivity index (χ0v) is 14.6. The number of ketones is 1. The Balaban J connectivity index is 2.12. The van der Waals surface area contributed by atoms with E-state index < -0.39 is 5.41 Å². The topological polar surface area (TPSA) is 43.4 Å². The zero-order chi connectivity index (χ0) is 16.5. The highest BCUT2D eigenvalue weighted by molar-refractivity contribution is 6.00. The molecule has 0 bridgehead atoms. The van der Waals surface area contributed by atoms with E-state index in [2.05, 4.69) is 26.8 Å². The van der Waals surface area contributed by atoms with E-state index in [1.165, 1.54) is 0 Å². The van der Waals surface area contributed by atoms with Crippen molar-refractivity contribution in [3.8, 4) is 0 Å². The molecular weight excluding hydrogens is 276 g/mol. The fourth-order valence-corrected chi connectivity index (χ4v) is 5.96. The van der Waals surface area contributed by atoms with Crippen LogP contribution in [0.4, 0.5) is 0 Å². The van der Waals surface area contributed by atoms with Gasteiger partial charge in [0.2, 0.25) is 0 Å². The number of esters is 1. The second-order valence-electron chi connectivity index (χ2n) is 8.66. The first-order valence-corrected chi connectivity index (χ1v) is 8.54. The van der Waals surface area contributed by atoms with Gasteiger partial charge in [-0.3, -0.25) is 9.59 Å². The summed E-state index contributed by atoms with van der Waals surface area (Å²) in [4.78, 5) is 25.1. The Morgan fingerprint density at radius 2 is 1.91 bits per heavy atom. The molecule has 0 aromatic rings. The highest BCUT2D eigenvalue weighted by atomic mass is 16.5. The largest absolute Gasteiger partial charge is 0.460 e. The Kier molecular flexibility index (Phi) is 3.19. The Labute approximate surface area is 133 Å². The SMILES string of the molecule is CC(C)C(=O)O[C@H]1C(C)(C)C2CC[C@@H](C)C23C=CC(=O)[C@@]13C. The van der Waals surface area contributed by atoms with Crippen molar-refractivity contribution >= 4 is 11.8 Å². The molecule has 5 atom stereocenters. The van der Waals surface area contributed by atoms with Gasteiger partial charge < -0.3 is 4.74 Å². The third kappa shape index (κ3) is 1.53. The molecule has 0 N–H and O–H groups in total. The molecule has 2 unspecified atom stereocenters. The third-order valence-corrected chi connectivity index (χ3v) is 7.01. The van der Waals surface area contributed by atoms with Crippen molar-refractivity contribution in [1.82, 2.24) is 0 Å². The molecule has 3 aliphatic rings. The molecule has 3 heteroatoms. The van der Waals surface area contributed by atoms with Gasteiger partial charge in [0.15, 0.2) is 5.78 Å². The second kappa shape index (κ2) is 4.46. The number of carbonyl (C=O) groups excluding carboxylic acids is 2. The first-order chi connectivity index (χ1) is 10.1. The molecule has 0 heterocycles. The number of carbonyl (C=O) groups is 2. The van der Waals surface area contributed by atoms with Crippen LogP contribution in [-0.4, -0.2) is 17.9 Å². The summed E-state index contributed by atoms with van der Waals surface area (Å²) in [5.41, 5.74) is -0.929. The molecule has 22 heavy (non-hydrogen) atoms. The predicted octanol–water partition coefficient (Wildman–Crippen LogP) is 3.77. The number of ether oxygens (including phenoxy) is 1. The molecule has 3 aliphatic carbocycles. The molecule has 0 aromatic heterocycles. The molecule has 2 saturated carbocycles. The number of rotatable bonds is 2. The van der Waals surface area contributed by atoms with Crippen LogP contribution in [0.3, 0.4) is 0 Å². The van der Waals surface area contributed by atoms with Crippen LogP contribution in [0.15, 0.2) is 12.2 Å². The van der Waals surface area contributed by atoms with Gasteiger partial charge in [0.25, 0.3) is 0 Å². The molecule has 1 spiro atoms. The molecule has 0 aromatic carbocycles. The minimum atomic E-state index is -0.609. The van der Waals surface area contributed by atoms with Gasteiger partial charge in [-0.15, -0.1) is 0 Å². The quantitative estimate of drug-likeness (QED) is 0.729. The van der Waals surface area contributed by atoms with E-state index in [-0.39, 0.29) is 34.6 Å². The van der Waals surface area contributed by atoms with E-state index in [4.69, 9.17) is 4.74 Å². The van der Waals surface area contributed by atoms with E-state index in [9.17, 15) is 9.59 Å². The summed E-state index contributed by atoms with van der Waals surface area (Å²) in [5.74, 6) is 0.623. The lowest BCUT2D eigenvalue weighted by Crippen LogP contribution is -2.49. The Morgan fingerprint density at radius 1 is 1.27 bits per heavy atom. The van der Waals surface area contributed by atoms with Crippen LogP contribution in [0.1, 0.15) is 54.4 Å². The maximum Gasteiger partial charge on any atom is 0.308 e. The summed E-state index contributed by atoms with van der Waals surface area (Å²) < 4.78 is 5.96. The van der Waals surface area contributed by atoms with E-state index in [0.29, 0.717) is 11.8 Å². The average molecular weight is 304 g/mol. The normalized spacial score (nSPS) is 45.2. The monoisotopic (exact) mass is 304 g/mol. The number of hydrogen-bond acceptors (Lipinski definition) is 3. The van der Waals surface area contributed by atoms with Crippen LogP contribution in [0.2, 0.25) is 0 Å². The van der Waals surface area contributed by atoms with E-state index >= 15 is 0 Å². The van der Waals surface area contributed by atoms with Crippen LogP contribution >= 0.6 is 0 Å².